The van der Waals surface area contributed by atoms with Crippen molar-refractivity contribution in [2.45, 2.75) is 32.3 Å². The van der Waals surface area contributed by atoms with Crippen molar-refractivity contribution in [3.63, 3.8) is 0 Å². The summed E-state index contributed by atoms with van der Waals surface area (Å²) in [6.45, 7) is 2.11. The molecule has 1 aromatic rings. The number of nitrogen functional groups attached to an aromatic ring is 1. The fraction of sp³-hybridized carbons (Fsp3) is 0.500. The number of benzene rings is 1. The zero-order valence-corrected chi connectivity index (χ0v) is 10.7. The Morgan fingerprint density at radius 2 is 1.94 bits per heavy atom. The molecular weight excluding hydrogens is 228 g/mol. The lowest BCUT2D eigenvalue weighted by molar-refractivity contribution is -0.109. The summed E-state index contributed by atoms with van der Waals surface area (Å²) < 4.78 is 5.58. The average Bonchev–Trinajstić information content (AvgIpc) is 2.39. The number of ether oxygens (including phenoxy) is 1. The maximum atomic E-state index is 10.00. The Bertz CT molecular complexity index is 342. The Hall–Kier alpha value is -1.55. The first-order valence-corrected chi connectivity index (χ1v) is 6.42. The van der Waals surface area contributed by atoms with E-state index in [1.165, 1.54) is 0 Å². The summed E-state index contributed by atoms with van der Waals surface area (Å²) in [6.07, 6.45) is 5.08. The lowest BCUT2D eigenvalue weighted by Crippen LogP contribution is -2.11. The lowest BCUT2D eigenvalue weighted by atomic mass is 10.2. The predicted octanol–water partition coefficient (Wildman–Crippen LogP) is 2.09. The van der Waals surface area contributed by atoms with E-state index in [9.17, 15) is 4.79 Å². The van der Waals surface area contributed by atoms with Crippen molar-refractivity contribution in [3.05, 3.63) is 29.8 Å². The molecule has 0 unspecified atom stereocenters. The third-order valence-electron chi connectivity index (χ3n) is 2.76. The summed E-state index contributed by atoms with van der Waals surface area (Å²) >= 11 is 0. The molecule has 1 rings (SSSR count). The van der Waals surface area contributed by atoms with Crippen LogP contribution in [-0.2, 0) is 16.1 Å². The fourth-order valence-electron chi connectivity index (χ4n) is 1.69. The smallest absolute Gasteiger partial charge is 0.207 e. The molecule has 1 amide bonds. The van der Waals surface area contributed by atoms with E-state index in [4.69, 9.17) is 10.5 Å². The second-order valence-electron chi connectivity index (χ2n) is 4.24. The molecule has 0 bridgehead atoms. The standard InChI is InChI=1S/C14H22N2O2/c15-14-8-4-3-7-13(14)11-18-10-6-2-1-5-9-16-12-17/h3-4,7-8,12H,1-2,5-6,9-11,15H2,(H,16,17). The Kier molecular flexibility index (Phi) is 7.64. The molecule has 100 valence electrons. The molecule has 3 N–H and O–H groups in total. The predicted molar refractivity (Wildman–Crippen MR) is 73.0 cm³/mol. The van der Waals surface area contributed by atoms with E-state index >= 15 is 0 Å². The molecule has 18 heavy (non-hydrogen) atoms. The minimum absolute atomic E-state index is 0.583. The first-order valence-electron chi connectivity index (χ1n) is 6.42. The number of unbranched alkanes of at least 4 members (excludes halogenated alkanes) is 3. The van der Waals surface area contributed by atoms with Gasteiger partial charge in [0.2, 0.25) is 6.41 Å². The molecular formula is C14H22N2O2. The van der Waals surface area contributed by atoms with E-state index in [2.05, 4.69) is 5.32 Å². The van der Waals surface area contributed by atoms with Crippen LogP contribution in [0, 0.1) is 0 Å². The maximum absolute atomic E-state index is 10.00. The number of amides is 1. The van der Waals surface area contributed by atoms with Gasteiger partial charge in [-0.05, 0) is 18.9 Å². The van der Waals surface area contributed by atoms with Gasteiger partial charge in [0.05, 0.1) is 6.61 Å². The van der Waals surface area contributed by atoms with Gasteiger partial charge in [0.15, 0.2) is 0 Å². The second kappa shape index (κ2) is 9.48. The topological polar surface area (TPSA) is 64.3 Å². The van der Waals surface area contributed by atoms with Crippen molar-refractivity contribution in [1.29, 1.82) is 0 Å². The highest BCUT2D eigenvalue weighted by atomic mass is 16.5. The summed E-state index contributed by atoms with van der Waals surface area (Å²) in [5.41, 5.74) is 7.65. The molecule has 0 saturated carbocycles. The third-order valence-corrected chi connectivity index (χ3v) is 2.76. The zero-order chi connectivity index (χ0) is 13.1. The average molecular weight is 250 g/mol. The number of hydrogen-bond acceptors (Lipinski definition) is 3. The van der Waals surface area contributed by atoms with Gasteiger partial charge < -0.3 is 15.8 Å². The van der Waals surface area contributed by atoms with Crippen LogP contribution in [-0.4, -0.2) is 19.6 Å². The quantitative estimate of drug-likeness (QED) is 0.380. The van der Waals surface area contributed by atoms with Crippen LogP contribution in [0.3, 0.4) is 0 Å². The van der Waals surface area contributed by atoms with Crippen LogP contribution in [0.2, 0.25) is 0 Å². The van der Waals surface area contributed by atoms with Crippen LogP contribution < -0.4 is 11.1 Å². The molecule has 0 radical (unpaired) electrons. The highest BCUT2D eigenvalue weighted by Gasteiger charge is 1.97. The highest BCUT2D eigenvalue weighted by molar-refractivity contribution is 5.46. The number of carbonyl (C=O) groups is 1. The highest BCUT2D eigenvalue weighted by Crippen LogP contribution is 2.11. The normalized spacial score (nSPS) is 10.2. The fourth-order valence-corrected chi connectivity index (χ4v) is 1.69. The van der Waals surface area contributed by atoms with Crippen LogP contribution in [0.1, 0.15) is 31.2 Å². The SMILES string of the molecule is Nc1ccccc1COCCCCCCNC=O. The van der Waals surface area contributed by atoms with Crippen molar-refractivity contribution in [3.8, 4) is 0 Å². The minimum atomic E-state index is 0.583. The van der Waals surface area contributed by atoms with Crippen LogP contribution in [0.4, 0.5) is 5.69 Å². The number of hydrogen-bond donors (Lipinski definition) is 2. The van der Waals surface area contributed by atoms with E-state index in [-0.39, 0.29) is 0 Å². The van der Waals surface area contributed by atoms with Crippen LogP contribution in [0.5, 0.6) is 0 Å². The van der Waals surface area contributed by atoms with E-state index in [1.54, 1.807) is 0 Å². The third kappa shape index (κ3) is 6.25. The molecule has 0 aliphatic heterocycles. The zero-order valence-electron chi connectivity index (χ0n) is 10.7. The monoisotopic (exact) mass is 250 g/mol. The van der Waals surface area contributed by atoms with E-state index in [0.29, 0.717) is 6.61 Å². The van der Waals surface area contributed by atoms with Crippen LogP contribution >= 0.6 is 0 Å². The molecule has 0 aliphatic carbocycles. The van der Waals surface area contributed by atoms with Gasteiger partial charge in [0.25, 0.3) is 0 Å². The minimum Gasteiger partial charge on any atom is -0.398 e. The summed E-state index contributed by atoms with van der Waals surface area (Å²) in [5.74, 6) is 0. The van der Waals surface area contributed by atoms with Crippen LogP contribution in [0.15, 0.2) is 24.3 Å². The maximum Gasteiger partial charge on any atom is 0.207 e. The number of anilines is 1. The van der Waals surface area contributed by atoms with Gasteiger partial charge in [-0.15, -0.1) is 0 Å². The number of nitrogens with two attached hydrogens (primary N) is 1. The van der Waals surface area contributed by atoms with Gasteiger partial charge >= 0.3 is 0 Å². The van der Waals surface area contributed by atoms with Crippen molar-refractivity contribution < 1.29 is 9.53 Å². The molecule has 0 saturated heterocycles. The van der Waals surface area contributed by atoms with E-state index < -0.39 is 0 Å². The van der Waals surface area contributed by atoms with Crippen molar-refractivity contribution >= 4 is 12.1 Å². The molecule has 0 aliphatic rings. The summed E-state index contributed by atoms with van der Waals surface area (Å²) in [7, 11) is 0. The van der Waals surface area contributed by atoms with Gasteiger partial charge in [-0.2, -0.15) is 0 Å². The Morgan fingerprint density at radius 1 is 1.17 bits per heavy atom. The summed E-state index contributed by atoms with van der Waals surface area (Å²) in [6, 6.07) is 7.76. The van der Waals surface area contributed by atoms with Gasteiger partial charge in [0.1, 0.15) is 0 Å². The molecule has 0 atom stereocenters. The van der Waals surface area contributed by atoms with Crippen molar-refractivity contribution in [2.75, 3.05) is 18.9 Å². The molecule has 0 aromatic heterocycles. The van der Waals surface area contributed by atoms with Crippen LogP contribution in [0.25, 0.3) is 0 Å². The molecule has 4 nitrogen and oxygen atoms in total. The van der Waals surface area contributed by atoms with E-state index in [1.807, 2.05) is 24.3 Å². The molecule has 0 fully saturated rings. The van der Waals surface area contributed by atoms with Gasteiger partial charge in [-0.3, -0.25) is 4.79 Å². The number of carbonyl (C=O) groups excluding carboxylic acids is 1. The summed E-state index contributed by atoms with van der Waals surface area (Å²) in [4.78, 5) is 10.00. The van der Waals surface area contributed by atoms with Crippen molar-refractivity contribution in [1.82, 2.24) is 5.32 Å². The Morgan fingerprint density at radius 3 is 2.72 bits per heavy atom. The molecule has 0 spiro atoms. The first kappa shape index (κ1) is 14.5. The second-order valence-corrected chi connectivity index (χ2v) is 4.24. The lowest BCUT2D eigenvalue weighted by Gasteiger charge is -2.06. The number of nitrogens with one attached hydrogen (secondary N) is 1. The summed E-state index contributed by atoms with van der Waals surface area (Å²) in [5, 5.41) is 2.65. The molecule has 4 heteroatoms. The molecule has 1 aromatic carbocycles. The first-order chi connectivity index (χ1) is 8.84. The number of rotatable bonds is 10. The van der Waals surface area contributed by atoms with E-state index in [0.717, 1.165) is 56.5 Å². The largest absolute Gasteiger partial charge is 0.398 e. The van der Waals surface area contributed by atoms with Gasteiger partial charge in [-0.25, -0.2) is 0 Å². The Balaban J connectivity index is 1.96. The van der Waals surface area contributed by atoms with Crippen molar-refractivity contribution in [2.24, 2.45) is 0 Å². The van der Waals surface area contributed by atoms with Gasteiger partial charge in [0, 0.05) is 24.4 Å². The Labute approximate surface area is 109 Å². The molecule has 0 heterocycles. The number of para-hydroxylation sites is 1. The van der Waals surface area contributed by atoms with Gasteiger partial charge in [-0.1, -0.05) is 31.0 Å².